The first kappa shape index (κ1) is 21.5. The molecule has 1 aromatic heterocycles. The van der Waals surface area contributed by atoms with Crippen molar-refractivity contribution in [1.29, 1.82) is 0 Å². The third-order valence-corrected chi connectivity index (χ3v) is 6.61. The third kappa shape index (κ3) is 4.97. The van der Waals surface area contributed by atoms with Gasteiger partial charge in [-0.15, -0.1) is 11.8 Å². The standard InChI is InChI=1S/C26H25ClN2OS/c1-17-12-18(2)26(19(3)13-17)28-25(30)16-31-24-15-29(23-7-5-4-6-22(23)24)14-20-8-10-21(27)11-9-20/h4-13,15H,14,16H2,1-3H3,(H,28,30). The number of thioether (sulfide) groups is 1. The molecule has 0 fully saturated rings. The number of nitrogens with one attached hydrogen (secondary N) is 1. The highest BCUT2D eigenvalue weighted by atomic mass is 35.5. The van der Waals surface area contributed by atoms with Gasteiger partial charge in [-0.05, 0) is 55.7 Å². The third-order valence-electron chi connectivity index (χ3n) is 5.32. The molecule has 4 aromatic rings. The number of nitrogens with zero attached hydrogens (tertiary/aromatic N) is 1. The summed E-state index contributed by atoms with van der Waals surface area (Å²) in [4.78, 5) is 13.8. The number of rotatable bonds is 6. The monoisotopic (exact) mass is 448 g/mol. The van der Waals surface area contributed by atoms with Gasteiger partial charge in [-0.1, -0.05) is 59.6 Å². The Hall–Kier alpha value is -2.69. The molecule has 0 radical (unpaired) electrons. The first-order valence-corrected chi connectivity index (χ1v) is 11.6. The number of anilines is 1. The second-order valence-electron chi connectivity index (χ2n) is 7.88. The summed E-state index contributed by atoms with van der Waals surface area (Å²) in [6.07, 6.45) is 2.14. The van der Waals surface area contributed by atoms with Crippen molar-refractivity contribution in [1.82, 2.24) is 4.57 Å². The minimum Gasteiger partial charge on any atom is -0.342 e. The summed E-state index contributed by atoms with van der Waals surface area (Å²) >= 11 is 7.59. The number of amides is 1. The van der Waals surface area contributed by atoms with E-state index in [4.69, 9.17) is 11.6 Å². The topological polar surface area (TPSA) is 34.0 Å². The normalized spacial score (nSPS) is 11.1. The van der Waals surface area contributed by atoms with Crippen LogP contribution in [-0.2, 0) is 11.3 Å². The van der Waals surface area contributed by atoms with Crippen LogP contribution >= 0.6 is 23.4 Å². The molecule has 0 aliphatic heterocycles. The van der Waals surface area contributed by atoms with Crippen LogP contribution in [0.3, 0.4) is 0 Å². The van der Waals surface area contributed by atoms with E-state index < -0.39 is 0 Å². The molecular formula is C26H25ClN2OS. The molecule has 0 bridgehead atoms. The van der Waals surface area contributed by atoms with E-state index in [2.05, 4.69) is 47.3 Å². The second-order valence-corrected chi connectivity index (χ2v) is 9.33. The Morgan fingerprint density at radius 2 is 1.68 bits per heavy atom. The van der Waals surface area contributed by atoms with Gasteiger partial charge in [0.15, 0.2) is 0 Å². The zero-order valence-corrected chi connectivity index (χ0v) is 19.5. The Labute approximate surface area is 192 Å². The average molecular weight is 449 g/mol. The molecule has 3 aromatic carbocycles. The molecule has 1 heterocycles. The highest BCUT2D eigenvalue weighted by molar-refractivity contribution is 8.00. The lowest BCUT2D eigenvalue weighted by atomic mass is 10.1. The van der Waals surface area contributed by atoms with Crippen molar-refractivity contribution in [3.05, 3.63) is 94.1 Å². The molecule has 3 nitrogen and oxygen atoms in total. The van der Waals surface area contributed by atoms with Gasteiger partial charge in [0.2, 0.25) is 5.91 Å². The van der Waals surface area contributed by atoms with Crippen LogP contribution in [-0.4, -0.2) is 16.2 Å². The molecule has 1 N–H and O–H groups in total. The molecule has 0 saturated heterocycles. The summed E-state index contributed by atoms with van der Waals surface area (Å²) in [5, 5.41) is 5.00. The van der Waals surface area contributed by atoms with E-state index in [0.717, 1.165) is 44.2 Å². The van der Waals surface area contributed by atoms with Crippen LogP contribution < -0.4 is 5.32 Å². The van der Waals surface area contributed by atoms with Crippen molar-refractivity contribution in [3.8, 4) is 0 Å². The van der Waals surface area contributed by atoms with Crippen molar-refractivity contribution in [2.24, 2.45) is 0 Å². The van der Waals surface area contributed by atoms with Crippen LogP contribution in [0.2, 0.25) is 5.02 Å². The molecule has 0 atom stereocenters. The highest BCUT2D eigenvalue weighted by Gasteiger charge is 2.13. The zero-order chi connectivity index (χ0) is 22.0. The molecule has 4 rings (SSSR count). The lowest BCUT2D eigenvalue weighted by Crippen LogP contribution is -2.15. The number of hydrogen-bond acceptors (Lipinski definition) is 2. The van der Waals surface area contributed by atoms with Crippen LogP contribution in [0, 0.1) is 20.8 Å². The van der Waals surface area contributed by atoms with E-state index in [1.165, 1.54) is 11.1 Å². The first-order chi connectivity index (χ1) is 14.9. The SMILES string of the molecule is Cc1cc(C)c(NC(=O)CSc2cn(Cc3ccc(Cl)cc3)c3ccccc23)c(C)c1. The fourth-order valence-corrected chi connectivity index (χ4v) is 4.96. The van der Waals surface area contributed by atoms with E-state index in [9.17, 15) is 4.79 Å². The predicted octanol–water partition coefficient (Wildman–Crippen LogP) is 7.00. The second kappa shape index (κ2) is 9.21. The fraction of sp³-hybridized carbons (Fsp3) is 0.192. The quantitative estimate of drug-likeness (QED) is 0.322. The van der Waals surface area contributed by atoms with Crippen molar-refractivity contribution in [2.75, 3.05) is 11.1 Å². The maximum absolute atomic E-state index is 12.7. The Morgan fingerprint density at radius 1 is 1.00 bits per heavy atom. The van der Waals surface area contributed by atoms with Gasteiger partial charge in [0.25, 0.3) is 0 Å². The molecule has 0 aliphatic rings. The average Bonchev–Trinajstić information content (AvgIpc) is 3.08. The van der Waals surface area contributed by atoms with E-state index >= 15 is 0 Å². The molecule has 0 saturated carbocycles. The molecule has 158 valence electrons. The smallest absolute Gasteiger partial charge is 0.234 e. The van der Waals surface area contributed by atoms with Gasteiger partial charge in [0, 0.05) is 39.3 Å². The van der Waals surface area contributed by atoms with E-state index in [0.29, 0.717) is 5.75 Å². The van der Waals surface area contributed by atoms with Gasteiger partial charge in [-0.25, -0.2) is 0 Å². The Kier molecular flexibility index (Phi) is 6.40. The van der Waals surface area contributed by atoms with E-state index in [1.807, 2.05) is 50.2 Å². The van der Waals surface area contributed by atoms with Gasteiger partial charge in [0.1, 0.15) is 0 Å². The Balaban J connectivity index is 1.51. The number of benzene rings is 3. The summed E-state index contributed by atoms with van der Waals surface area (Å²) < 4.78 is 2.23. The molecule has 5 heteroatoms. The number of carbonyl (C=O) groups is 1. The van der Waals surface area contributed by atoms with Crippen molar-refractivity contribution in [2.45, 2.75) is 32.2 Å². The number of carbonyl (C=O) groups excluding carboxylic acids is 1. The van der Waals surface area contributed by atoms with E-state index in [1.54, 1.807) is 11.8 Å². The fourth-order valence-electron chi connectivity index (χ4n) is 3.94. The molecule has 31 heavy (non-hydrogen) atoms. The van der Waals surface area contributed by atoms with Gasteiger partial charge < -0.3 is 9.88 Å². The predicted molar refractivity (Wildman–Crippen MR) is 132 cm³/mol. The number of para-hydroxylation sites is 1. The van der Waals surface area contributed by atoms with Crippen LogP contribution in [0.15, 0.2) is 71.8 Å². The maximum atomic E-state index is 12.7. The number of aryl methyl sites for hydroxylation is 3. The van der Waals surface area contributed by atoms with E-state index in [-0.39, 0.29) is 5.91 Å². The van der Waals surface area contributed by atoms with Crippen molar-refractivity contribution >= 4 is 45.9 Å². The number of hydrogen-bond donors (Lipinski definition) is 1. The number of fused-ring (bicyclic) bond motifs is 1. The van der Waals surface area contributed by atoms with Crippen LogP contribution in [0.1, 0.15) is 22.3 Å². The van der Waals surface area contributed by atoms with Crippen LogP contribution in [0.5, 0.6) is 0 Å². The highest BCUT2D eigenvalue weighted by Crippen LogP contribution is 2.31. The minimum absolute atomic E-state index is 0.00888. The number of halogens is 1. The summed E-state index contributed by atoms with van der Waals surface area (Å²) in [6, 6.07) is 20.4. The summed E-state index contributed by atoms with van der Waals surface area (Å²) in [7, 11) is 0. The Morgan fingerprint density at radius 3 is 2.39 bits per heavy atom. The van der Waals surface area contributed by atoms with Gasteiger partial charge in [-0.2, -0.15) is 0 Å². The van der Waals surface area contributed by atoms with Crippen molar-refractivity contribution in [3.63, 3.8) is 0 Å². The molecule has 0 spiro atoms. The van der Waals surface area contributed by atoms with Crippen LogP contribution in [0.25, 0.3) is 10.9 Å². The van der Waals surface area contributed by atoms with Gasteiger partial charge >= 0.3 is 0 Å². The first-order valence-electron chi connectivity index (χ1n) is 10.2. The lowest BCUT2D eigenvalue weighted by molar-refractivity contribution is -0.113. The molecular weight excluding hydrogens is 424 g/mol. The summed E-state index contributed by atoms with van der Waals surface area (Å²) in [5.41, 5.74) is 6.65. The Bertz CT molecular complexity index is 1220. The maximum Gasteiger partial charge on any atom is 0.234 e. The summed E-state index contributed by atoms with van der Waals surface area (Å²) in [6.45, 7) is 6.90. The molecule has 1 amide bonds. The minimum atomic E-state index is 0.00888. The number of aromatic nitrogens is 1. The lowest BCUT2D eigenvalue weighted by Gasteiger charge is -2.12. The van der Waals surface area contributed by atoms with Gasteiger partial charge in [-0.3, -0.25) is 4.79 Å². The zero-order valence-electron chi connectivity index (χ0n) is 17.9. The molecule has 0 aliphatic carbocycles. The molecule has 0 unspecified atom stereocenters. The van der Waals surface area contributed by atoms with Gasteiger partial charge in [0.05, 0.1) is 5.75 Å². The largest absolute Gasteiger partial charge is 0.342 e. The van der Waals surface area contributed by atoms with Crippen LogP contribution in [0.4, 0.5) is 5.69 Å². The summed E-state index contributed by atoms with van der Waals surface area (Å²) in [5.74, 6) is 0.372. The van der Waals surface area contributed by atoms with Crippen molar-refractivity contribution < 1.29 is 4.79 Å².